The molecule has 2 rings (SSSR count). The molecule has 0 spiro atoms. The van der Waals surface area contributed by atoms with Gasteiger partial charge >= 0.3 is 6.09 Å². The molecule has 24 heavy (non-hydrogen) atoms. The molecule has 1 saturated heterocycles. The van der Waals surface area contributed by atoms with Gasteiger partial charge in [0.1, 0.15) is 12.4 Å². The molecule has 1 aromatic carbocycles. The third kappa shape index (κ3) is 4.54. The minimum Gasteiger partial charge on any atom is -0.491 e. The summed E-state index contributed by atoms with van der Waals surface area (Å²) in [6, 6.07) is 7.90. The number of piperazine rings is 1. The molecule has 1 aliphatic heterocycles. The quantitative estimate of drug-likeness (QED) is 0.838. The van der Waals surface area contributed by atoms with E-state index in [0.717, 1.165) is 11.4 Å². The number of carboxylic acid groups (broad SMARTS) is 1. The van der Waals surface area contributed by atoms with Gasteiger partial charge in [0.15, 0.2) is 0 Å². The summed E-state index contributed by atoms with van der Waals surface area (Å²) in [6.45, 7) is 9.26. The van der Waals surface area contributed by atoms with Gasteiger partial charge in [-0.1, -0.05) is 20.8 Å². The number of amides is 1. The highest BCUT2D eigenvalue weighted by Gasteiger charge is 2.38. The zero-order valence-corrected chi connectivity index (χ0v) is 15.0. The van der Waals surface area contributed by atoms with Crippen LogP contribution in [0.4, 0.5) is 10.5 Å². The summed E-state index contributed by atoms with van der Waals surface area (Å²) in [6.07, 6.45) is -0.837. The highest BCUT2D eigenvalue weighted by molar-refractivity contribution is 5.66. The molecule has 1 aliphatic rings. The number of anilines is 1. The summed E-state index contributed by atoms with van der Waals surface area (Å²) in [7, 11) is 1.65. The van der Waals surface area contributed by atoms with Gasteiger partial charge in [-0.2, -0.15) is 0 Å². The molecule has 1 N–H and O–H groups in total. The van der Waals surface area contributed by atoms with Crippen molar-refractivity contribution < 1.29 is 19.4 Å². The number of hydrogen-bond donors (Lipinski definition) is 1. The van der Waals surface area contributed by atoms with E-state index in [4.69, 9.17) is 9.47 Å². The van der Waals surface area contributed by atoms with E-state index >= 15 is 0 Å². The van der Waals surface area contributed by atoms with Crippen molar-refractivity contribution in [2.24, 2.45) is 5.41 Å². The van der Waals surface area contributed by atoms with E-state index in [9.17, 15) is 9.90 Å². The van der Waals surface area contributed by atoms with Gasteiger partial charge in [0.2, 0.25) is 0 Å². The Morgan fingerprint density at radius 2 is 1.88 bits per heavy atom. The maximum Gasteiger partial charge on any atom is 0.407 e. The summed E-state index contributed by atoms with van der Waals surface area (Å²) >= 11 is 0. The number of methoxy groups -OCH3 is 1. The highest BCUT2D eigenvalue weighted by Crippen LogP contribution is 2.30. The van der Waals surface area contributed by atoms with E-state index in [1.165, 1.54) is 0 Å². The molecule has 1 amide bonds. The Hall–Kier alpha value is -1.95. The second kappa shape index (κ2) is 7.75. The first-order valence-corrected chi connectivity index (χ1v) is 8.29. The molecule has 1 heterocycles. The van der Waals surface area contributed by atoms with Crippen molar-refractivity contribution in [2.75, 3.05) is 44.9 Å². The van der Waals surface area contributed by atoms with Gasteiger partial charge in [-0.3, -0.25) is 0 Å². The van der Waals surface area contributed by atoms with Gasteiger partial charge in [-0.15, -0.1) is 0 Å². The Kier molecular flexibility index (Phi) is 5.94. The zero-order valence-electron chi connectivity index (χ0n) is 15.0. The maximum atomic E-state index is 11.5. The molecular formula is C18H28N2O4. The molecule has 1 fully saturated rings. The molecule has 134 valence electrons. The third-order valence-electron chi connectivity index (χ3n) is 4.38. The predicted octanol–water partition coefficient (Wildman–Crippen LogP) is 2.93. The van der Waals surface area contributed by atoms with Crippen LogP contribution in [0.15, 0.2) is 24.3 Å². The van der Waals surface area contributed by atoms with Crippen molar-refractivity contribution >= 4 is 11.8 Å². The summed E-state index contributed by atoms with van der Waals surface area (Å²) in [5.74, 6) is 0.812. The number of nitrogens with zero attached hydrogens (tertiary/aromatic N) is 2. The van der Waals surface area contributed by atoms with Gasteiger partial charge in [0.05, 0.1) is 12.6 Å². The van der Waals surface area contributed by atoms with Crippen LogP contribution in [0, 0.1) is 5.41 Å². The van der Waals surface area contributed by atoms with Gasteiger partial charge in [-0.25, -0.2) is 4.79 Å². The number of hydrogen-bond acceptors (Lipinski definition) is 4. The molecule has 6 nitrogen and oxygen atoms in total. The van der Waals surface area contributed by atoms with Crippen LogP contribution in [0.5, 0.6) is 5.75 Å². The summed E-state index contributed by atoms with van der Waals surface area (Å²) < 4.78 is 10.6. The van der Waals surface area contributed by atoms with E-state index in [1.807, 2.05) is 24.3 Å². The van der Waals surface area contributed by atoms with Crippen LogP contribution in [0.25, 0.3) is 0 Å². The van der Waals surface area contributed by atoms with E-state index < -0.39 is 6.09 Å². The lowest BCUT2D eigenvalue weighted by Gasteiger charge is -2.46. The summed E-state index contributed by atoms with van der Waals surface area (Å²) in [4.78, 5) is 15.3. The Labute approximate surface area is 144 Å². The second-order valence-electron chi connectivity index (χ2n) is 7.14. The Morgan fingerprint density at radius 1 is 1.21 bits per heavy atom. The lowest BCUT2D eigenvalue weighted by molar-refractivity contribution is 0.0748. The highest BCUT2D eigenvalue weighted by atomic mass is 16.5. The van der Waals surface area contributed by atoms with Crippen LogP contribution in [0.2, 0.25) is 0 Å². The molecular weight excluding hydrogens is 308 g/mol. The van der Waals surface area contributed by atoms with Crippen LogP contribution in [-0.4, -0.2) is 62.1 Å². The number of ether oxygens (including phenoxy) is 2. The zero-order chi connectivity index (χ0) is 17.7. The minimum absolute atomic E-state index is 0.0404. The Balaban J connectivity index is 2.05. The summed E-state index contributed by atoms with van der Waals surface area (Å²) in [5.41, 5.74) is 0.980. The molecule has 0 saturated carbocycles. The first-order chi connectivity index (χ1) is 11.3. The van der Waals surface area contributed by atoms with E-state index in [-0.39, 0.29) is 11.5 Å². The van der Waals surface area contributed by atoms with E-state index in [0.29, 0.717) is 32.8 Å². The lowest BCUT2D eigenvalue weighted by Crippen LogP contribution is -2.59. The van der Waals surface area contributed by atoms with Crippen LogP contribution < -0.4 is 9.64 Å². The first kappa shape index (κ1) is 18.4. The van der Waals surface area contributed by atoms with Crippen LogP contribution >= 0.6 is 0 Å². The molecule has 1 aromatic rings. The molecule has 0 aromatic heterocycles. The SMILES string of the molecule is COCCOc1ccc(N2CCN(C(=O)O)C(C(C)(C)C)C2)cc1. The first-order valence-electron chi connectivity index (χ1n) is 8.29. The standard InChI is InChI=1S/C18H28N2O4/c1-18(2,3)16-13-19(9-10-20(16)17(21)22)14-5-7-15(8-6-14)24-12-11-23-4/h5-8,16H,9-13H2,1-4H3,(H,21,22). The van der Waals surface area contributed by atoms with Crippen molar-refractivity contribution in [2.45, 2.75) is 26.8 Å². The molecule has 1 atom stereocenters. The van der Waals surface area contributed by atoms with Crippen molar-refractivity contribution in [3.8, 4) is 5.75 Å². The minimum atomic E-state index is -0.837. The Morgan fingerprint density at radius 3 is 2.42 bits per heavy atom. The topological polar surface area (TPSA) is 62.2 Å². The molecule has 1 unspecified atom stereocenters. The number of benzene rings is 1. The average Bonchev–Trinajstić information content (AvgIpc) is 2.54. The van der Waals surface area contributed by atoms with Gasteiger partial charge in [0, 0.05) is 32.4 Å². The van der Waals surface area contributed by atoms with Gasteiger partial charge < -0.3 is 24.4 Å². The number of rotatable bonds is 5. The monoisotopic (exact) mass is 336 g/mol. The molecule has 6 heteroatoms. The largest absolute Gasteiger partial charge is 0.491 e. The smallest absolute Gasteiger partial charge is 0.407 e. The number of carbonyl (C=O) groups is 1. The Bertz CT molecular complexity index is 539. The van der Waals surface area contributed by atoms with Gasteiger partial charge in [-0.05, 0) is 29.7 Å². The van der Waals surface area contributed by atoms with Gasteiger partial charge in [0.25, 0.3) is 0 Å². The maximum absolute atomic E-state index is 11.5. The third-order valence-corrected chi connectivity index (χ3v) is 4.38. The lowest BCUT2D eigenvalue weighted by atomic mass is 9.84. The average molecular weight is 336 g/mol. The summed E-state index contributed by atoms with van der Waals surface area (Å²) in [5, 5.41) is 9.45. The molecule has 0 radical (unpaired) electrons. The van der Waals surface area contributed by atoms with Crippen molar-refractivity contribution in [1.29, 1.82) is 0 Å². The van der Waals surface area contributed by atoms with Crippen molar-refractivity contribution in [3.63, 3.8) is 0 Å². The van der Waals surface area contributed by atoms with E-state index in [2.05, 4.69) is 25.7 Å². The molecule has 0 aliphatic carbocycles. The molecule has 0 bridgehead atoms. The fraction of sp³-hybridized carbons (Fsp3) is 0.611. The normalized spacial score (nSPS) is 18.6. The van der Waals surface area contributed by atoms with Crippen molar-refractivity contribution in [1.82, 2.24) is 4.90 Å². The van der Waals surface area contributed by atoms with Crippen LogP contribution in [0.3, 0.4) is 0 Å². The predicted molar refractivity (Wildman–Crippen MR) is 94.0 cm³/mol. The fourth-order valence-corrected chi connectivity index (χ4v) is 2.98. The van der Waals surface area contributed by atoms with Crippen LogP contribution in [-0.2, 0) is 4.74 Å². The van der Waals surface area contributed by atoms with E-state index in [1.54, 1.807) is 12.0 Å². The van der Waals surface area contributed by atoms with Crippen LogP contribution in [0.1, 0.15) is 20.8 Å². The van der Waals surface area contributed by atoms with Crippen molar-refractivity contribution in [3.05, 3.63) is 24.3 Å². The second-order valence-corrected chi connectivity index (χ2v) is 7.14. The fourth-order valence-electron chi connectivity index (χ4n) is 2.98.